The molecule has 1 aromatic carbocycles. The van der Waals surface area contributed by atoms with Crippen LogP contribution in [0.4, 0.5) is 10.2 Å². The highest BCUT2D eigenvalue weighted by atomic mass is 32.2. The first kappa shape index (κ1) is 21.6. The molecule has 2 atom stereocenters. The van der Waals surface area contributed by atoms with E-state index in [1.165, 1.54) is 12.1 Å². The Morgan fingerprint density at radius 2 is 1.93 bits per heavy atom. The highest BCUT2D eigenvalue weighted by Gasteiger charge is 2.16. The summed E-state index contributed by atoms with van der Waals surface area (Å²) in [5.41, 5.74) is 1.96. The molecule has 0 aliphatic carbocycles. The van der Waals surface area contributed by atoms with Crippen LogP contribution in [-0.2, 0) is 9.84 Å². The van der Waals surface area contributed by atoms with Gasteiger partial charge >= 0.3 is 0 Å². The Morgan fingerprint density at radius 1 is 1.25 bits per heavy atom. The molecule has 150 valence electrons. The number of sulfone groups is 1. The van der Waals surface area contributed by atoms with Crippen molar-refractivity contribution in [2.45, 2.75) is 32.9 Å². The lowest BCUT2D eigenvalue weighted by Crippen LogP contribution is -2.32. The van der Waals surface area contributed by atoms with Gasteiger partial charge in [-0.1, -0.05) is 30.3 Å². The van der Waals surface area contributed by atoms with E-state index in [1.807, 2.05) is 38.1 Å². The predicted molar refractivity (Wildman–Crippen MR) is 108 cm³/mol. The number of aromatic nitrogens is 1. The smallest absolute Gasteiger partial charge is 0.256 e. The van der Waals surface area contributed by atoms with E-state index in [-0.39, 0.29) is 11.6 Å². The van der Waals surface area contributed by atoms with Crippen LogP contribution in [0.25, 0.3) is 0 Å². The van der Waals surface area contributed by atoms with Crippen LogP contribution in [0.3, 0.4) is 0 Å². The minimum atomic E-state index is -3.30. The fourth-order valence-corrected chi connectivity index (χ4v) is 3.16. The summed E-state index contributed by atoms with van der Waals surface area (Å²) in [7, 11) is -3.30. The minimum absolute atomic E-state index is 0.0890. The van der Waals surface area contributed by atoms with Gasteiger partial charge in [0.2, 0.25) is 0 Å². The summed E-state index contributed by atoms with van der Waals surface area (Å²) < 4.78 is 36.6. The van der Waals surface area contributed by atoms with Crippen molar-refractivity contribution in [2.24, 2.45) is 0 Å². The maximum absolute atomic E-state index is 14.4. The average Bonchev–Trinajstić information content (AvgIpc) is 2.59. The second kappa shape index (κ2) is 8.97. The van der Waals surface area contributed by atoms with E-state index in [1.54, 1.807) is 6.92 Å². The summed E-state index contributed by atoms with van der Waals surface area (Å²) in [5, 5.41) is 6.63. The van der Waals surface area contributed by atoms with Crippen molar-refractivity contribution < 1.29 is 17.6 Å². The fraction of sp³-hybridized carbons (Fsp3) is 0.300. The number of carbonyl (C=O) groups excluding carboxylic acids is 1. The third-order valence-corrected chi connectivity index (χ3v) is 4.74. The molecule has 2 N–H and O–H groups in total. The third kappa shape index (κ3) is 6.16. The van der Waals surface area contributed by atoms with Gasteiger partial charge in [-0.15, -0.1) is 0 Å². The van der Waals surface area contributed by atoms with Crippen LogP contribution >= 0.6 is 0 Å². The maximum atomic E-state index is 14.4. The second-order valence-corrected chi connectivity index (χ2v) is 8.62. The van der Waals surface area contributed by atoms with E-state index in [2.05, 4.69) is 15.6 Å². The second-order valence-electron chi connectivity index (χ2n) is 6.69. The van der Waals surface area contributed by atoms with E-state index in [0.29, 0.717) is 5.82 Å². The molecule has 2 aromatic rings. The molecule has 0 spiro atoms. The van der Waals surface area contributed by atoms with Crippen molar-refractivity contribution in [3.05, 3.63) is 70.5 Å². The minimum Gasteiger partial charge on any atom is -0.363 e. The number of nitrogens with zero attached hydrogens (tertiary/aromatic N) is 1. The zero-order valence-electron chi connectivity index (χ0n) is 16.2. The molecule has 0 bridgehead atoms. The largest absolute Gasteiger partial charge is 0.363 e. The quantitative estimate of drug-likeness (QED) is 0.737. The molecule has 0 saturated carbocycles. The van der Waals surface area contributed by atoms with Crippen molar-refractivity contribution in [3.8, 4) is 0 Å². The highest BCUT2D eigenvalue weighted by molar-refractivity contribution is 7.93. The number of amides is 1. The van der Waals surface area contributed by atoms with Gasteiger partial charge in [0.25, 0.3) is 5.91 Å². The van der Waals surface area contributed by atoms with Crippen LogP contribution < -0.4 is 10.6 Å². The van der Waals surface area contributed by atoms with Crippen LogP contribution in [-0.4, -0.2) is 31.6 Å². The molecule has 1 amide bonds. The summed E-state index contributed by atoms with van der Waals surface area (Å²) in [5.74, 6) is -1.07. The van der Waals surface area contributed by atoms with E-state index in [9.17, 15) is 17.6 Å². The SMILES string of the molecule is Cc1ccccc1C(C)Nc1cc(F)c(C(=O)N[C@H](C)/C=C/S(C)(=O)=O)cn1. The summed E-state index contributed by atoms with van der Waals surface area (Å²) in [4.78, 5) is 16.3. The molecule has 28 heavy (non-hydrogen) atoms. The van der Waals surface area contributed by atoms with Crippen molar-refractivity contribution in [2.75, 3.05) is 11.6 Å². The van der Waals surface area contributed by atoms with E-state index < -0.39 is 27.6 Å². The molecule has 6 nitrogen and oxygen atoms in total. The molecular weight excluding hydrogens is 381 g/mol. The number of benzene rings is 1. The number of halogens is 1. The summed E-state index contributed by atoms with van der Waals surface area (Å²) in [6.45, 7) is 5.53. The number of nitrogens with one attached hydrogen (secondary N) is 2. The van der Waals surface area contributed by atoms with E-state index >= 15 is 0 Å². The first-order valence-electron chi connectivity index (χ1n) is 8.73. The monoisotopic (exact) mass is 405 g/mol. The summed E-state index contributed by atoms with van der Waals surface area (Å²) in [6, 6.07) is 8.35. The van der Waals surface area contributed by atoms with Crippen LogP contribution in [0, 0.1) is 12.7 Å². The number of rotatable bonds is 7. The first-order chi connectivity index (χ1) is 13.1. The molecular formula is C20H24FN3O3S. The Bertz CT molecular complexity index is 990. The van der Waals surface area contributed by atoms with Crippen molar-refractivity contribution >= 4 is 21.6 Å². The molecule has 0 aliphatic rings. The average molecular weight is 405 g/mol. The maximum Gasteiger partial charge on any atom is 0.256 e. The van der Waals surface area contributed by atoms with Crippen molar-refractivity contribution in [3.63, 3.8) is 0 Å². The molecule has 0 radical (unpaired) electrons. The molecule has 8 heteroatoms. The summed E-state index contributed by atoms with van der Waals surface area (Å²) >= 11 is 0. The lowest BCUT2D eigenvalue weighted by Gasteiger charge is -2.17. The van der Waals surface area contributed by atoms with Gasteiger partial charge in [-0.25, -0.2) is 17.8 Å². The molecule has 1 aromatic heterocycles. The van der Waals surface area contributed by atoms with Gasteiger partial charge in [0.1, 0.15) is 11.6 Å². The Kier molecular flexibility index (Phi) is 6.90. The first-order valence-corrected chi connectivity index (χ1v) is 10.7. The van der Waals surface area contributed by atoms with Gasteiger partial charge in [0.05, 0.1) is 11.6 Å². The molecule has 1 heterocycles. The standard InChI is InChI=1S/C20H24FN3O3S/c1-13-7-5-6-8-16(13)15(3)24-19-11-18(21)17(12-22-19)20(25)23-14(2)9-10-28(4,26)27/h5-12,14-15H,1-4H3,(H,22,24)(H,23,25)/b10-9+/t14-,15?/m1/s1. The van der Waals surface area contributed by atoms with Gasteiger partial charge in [-0.05, 0) is 31.9 Å². The fourth-order valence-electron chi connectivity index (χ4n) is 2.64. The number of pyridine rings is 1. The van der Waals surface area contributed by atoms with Gasteiger partial charge < -0.3 is 10.6 Å². The van der Waals surface area contributed by atoms with Crippen molar-refractivity contribution in [1.29, 1.82) is 0 Å². The van der Waals surface area contributed by atoms with E-state index in [4.69, 9.17) is 0 Å². The molecule has 0 aliphatic heterocycles. The van der Waals surface area contributed by atoms with Crippen LogP contribution in [0.5, 0.6) is 0 Å². The lowest BCUT2D eigenvalue weighted by molar-refractivity contribution is 0.0942. The van der Waals surface area contributed by atoms with Crippen LogP contribution in [0.2, 0.25) is 0 Å². The molecule has 1 unspecified atom stereocenters. The zero-order valence-corrected chi connectivity index (χ0v) is 17.0. The Morgan fingerprint density at radius 3 is 2.54 bits per heavy atom. The highest BCUT2D eigenvalue weighted by Crippen LogP contribution is 2.22. The predicted octanol–water partition coefficient (Wildman–Crippen LogP) is 3.38. The van der Waals surface area contributed by atoms with Crippen molar-refractivity contribution in [1.82, 2.24) is 10.3 Å². The Balaban J connectivity index is 2.08. The zero-order chi connectivity index (χ0) is 20.9. The lowest BCUT2D eigenvalue weighted by atomic mass is 10.0. The Hall–Kier alpha value is -2.74. The topological polar surface area (TPSA) is 88.2 Å². The van der Waals surface area contributed by atoms with E-state index in [0.717, 1.165) is 29.0 Å². The van der Waals surface area contributed by atoms with Gasteiger partial charge in [0, 0.05) is 30.0 Å². The number of anilines is 1. The third-order valence-electron chi connectivity index (χ3n) is 4.09. The van der Waals surface area contributed by atoms with Gasteiger partial charge in [0.15, 0.2) is 9.84 Å². The molecule has 0 saturated heterocycles. The van der Waals surface area contributed by atoms with Gasteiger partial charge in [-0.3, -0.25) is 4.79 Å². The van der Waals surface area contributed by atoms with Gasteiger partial charge in [-0.2, -0.15) is 0 Å². The number of aryl methyl sites for hydroxylation is 1. The number of hydrogen-bond acceptors (Lipinski definition) is 5. The molecule has 0 fully saturated rings. The number of hydrogen-bond donors (Lipinski definition) is 2. The number of carbonyl (C=O) groups is 1. The van der Waals surface area contributed by atoms with Crippen LogP contribution in [0.15, 0.2) is 48.0 Å². The van der Waals surface area contributed by atoms with Crippen LogP contribution in [0.1, 0.15) is 41.4 Å². The molecule has 2 rings (SSSR count). The summed E-state index contributed by atoms with van der Waals surface area (Å²) in [6.07, 6.45) is 3.52. The Labute approximate surface area is 164 Å². The normalized spacial score (nSPS) is 13.9.